The molecule has 0 aliphatic heterocycles. The Labute approximate surface area is 105 Å². The molecule has 0 fully saturated rings. The molecule has 0 spiro atoms. The first kappa shape index (κ1) is 14.0. The Morgan fingerprint density at radius 3 is 2.44 bits per heavy atom. The van der Waals surface area contributed by atoms with Gasteiger partial charge in [0, 0.05) is 12.6 Å². The van der Waals surface area contributed by atoms with Crippen LogP contribution >= 0.6 is 0 Å². The fourth-order valence-corrected chi connectivity index (χ4v) is 1.34. The fraction of sp³-hybridized carbons (Fsp3) is 0.333. The monoisotopic (exact) mass is 252 g/mol. The number of nitrogens with one attached hydrogen (secondary N) is 2. The second-order valence-corrected chi connectivity index (χ2v) is 3.69. The van der Waals surface area contributed by atoms with E-state index in [9.17, 15) is 9.59 Å². The third-order valence-electron chi connectivity index (χ3n) is 2.00. The van der Waals surface area contributed by atoms with Crippen molar-refractivity contribution in [3.63, 3.8) is 0 Å². The number of ether oxygens (including phenoxy) is 1. The first-order valence-electron chi connectivity index (χ1n) is 5.46. The van der Waals surface area contributed by atoms with Gasteiger partial charge in [-0.1, -0.05) is 0 Å². The average Bonchev–Trinajstić information content (AvgIpc) is 2.30. The Hall–Kier alpha value is -2.08. The largest absolute Gasteiger partial charge is 0.471 e. The summed E-state index contributed by atoms with van der Waals surface area (Å²) in [6, 6.07) is 6.60. The maximum atomic E-state index is 10.9. The molecule has 1 aromatic carbocycles. The lowest BCUT2D eigenvalue weighted by Gasteiger charge is -2.15. The Morgan fingerprint density at radius 1 is 1.33 bits per heavy atom. The summed E-state index contributed by atoms with van der Waals surface area (Å²) in [5, 5.41) is 13.6. The van der Waals surface area contributed by atoms with Crippen LogP contribution in [0.5, 0.6) is 5.75 Å². The molecule has 0 bridgehead atoms. The van der Waals surface area contributed by atoms with Gasteiger partial charge in [0.2, 0.25) is 11.8 Å². The Morgan fingerprint density at radius 2 is 1.94 bits per heavy atom. The van der Waals surface area contributed by atoms with Crippen molar-refractivity contribution in [2.45, 2.75) is 20.1 Å². The number of hydrogen-bond donors (Lipinski definition) is 3. The van der Waals surface area contributed by atoms with Crippen LogP contribution in [0.4, 0.5) is 5.69 Å². The first-order chi connectivity index (χ1) is 8.51. The normalized spacial score (nSPS) is 11.5. The number of amides is 2. The summed E-state index contributed by atoms with van der Waals surface area (Å²) in [6.45, 7) is 2.56. The van der Waals surface area contributed by atoms with Gasteiger partial charge in [-0.15, -0.1) is 0 Å². The number of benzene rings is 1. The Bertz CT molecular complexity index is 417. The highest BCUT2D eigenvalue weighted by Gasteiger charge is 2.05. The van der Waals surface area contributed by atoms with Crippen LogP contribution in [0.15, 0.2) is 24.3 Å². The average molecular weight is 252 g/mol. The van der Waals surface area contributed by atoms with Crippen LogP contribution in [-0.4, -0.2) is 29.8 Å². The molecule has 1 atom stereocenters. The predicted molar refractivity (Wildman–Crippen MR) is 66.1 cm³/mol. The van der Waals surface area contributed by atoms with E-state index in [1.54, 1.807) is 31.2 Å². The maximum absolute atomic E-state index is 10.9. The number of carbonyl (C=O) groups is 2. The smallest absolute Gasteiger partial charge is 0.250 e. The van der Waals surface area contributed by atoms with Crippen LogP contribution in [-0.2, 0) is 9.59 Å². The molecule has 18 heavy (non-hydrogen) atoms. The third-order valence-corrected chi connectivity index (χ3v) is 2.00. The number of aliphatic hydroxyl groups excluding tert-OH is 1. The lowest BCUT2D eigenvalue weighted by molar-refractivity contribution is -0.121. The van der Waals surface area contributed by atoms with E-state index < -0.39 is 18.7 Å². The molecule has 1 unspecified atom stereocenters. The van der Waals surface area contributed by atoms with Gasteiger partial charge >= 0.3 is 0 Å². The van der Waals surface area contributed by atoms with Crippen molar-refractivity contribution in [2.24, 2.45) is 0 Å². The second-order valence-electron chi connectivity index (χ2n) is 3.69. The van der Waals surface area contributed by atoms with Crippen molar-refractivity contribution < 1.29 is 19.4 Å². The molecule has 0 radical (unpaired) electrons. The first-order valence-corrected chi connectivity index (χ1v) is 5.46. The molecular formula is C12H16N2O4. The van der Waals surface area contributed by atoms with Crippen molar-refractivity contribution in [1.29, 1.82) is 0 Å². The molecule has 98 valence electrons. The summed E-state index contributed by atoms with van der Waals surface area (Å²) in [4.78, 5) is 21.7. The summed E-state index contributed by atoms with van der Waals surface area (Å²) in [5.74, 6) is -0.0807. The van der Waals surface area contributed by atoms with Gasteiger partial charge < -0.3 is 20.5 Å². The fourth-order valence-electron chi connectivity index (χ4n) is 1.34. The van der Waals surface area contributed by atoms with Crippen LogP contribution in [0, 0.1) is 0 Å². The summed E-state index contributed by atoms with van der Waals surface area (Å²) in [5.41, 5.74) is 0.564. The number of carbonyl (C=O) groups excluding carboxylic acids is 2. The van der Waals surface area contributed by atoms with Gasteiger partial charge in [-0.25, -0.2) is 0 Å². The SMILES string of the molecule is CC(=O)NC(C)Oc1ccc(NC(=O)CO)cc1. The quantitative estimate of drug-likeness (QED) is 0.665. The van der Waals surface area contributed by atoms with Crippen LogP contribution in [0.25, 0.3) is 0 Å². The third kappa shape index (κ3) is 4.84. The van der Waals surface area contributed by atoms with E-state index in [1.165, 1.54) is 6.92 Å². The molecule has 1 rings (SSSR count). The zero-order valence-electron chi connectivity index (χ0n) is 10.3. The van der Waals surface area contributed by atoms with Crippen LogP contribution in [0.3, 0.4) is 0 Å². The summed E-state index contributed by atoms with van der Waals surface area (Å²) >= 11 is 0. The van der Waals surface area contributed by atoms with Crippen molar-refractivity contribution in [2.75, 3.05) is 11.9 Å². The van der Waals surface area contributed by atoms with Crippen molar-refractivity contribution in [1.82, 2.24) is 5.32 Å². The van der Waals surface area contributed by atoms with Crippen molar-refractivity contribution in [3.8, 4) is 5.75 Å². The Kier molecular flexibility index (Phi) is 5.13. The number of hydrogen-bond acceptors (Lipinski definition) is 4. The molecule has 1 aromatic rings. The predicted octanol–water partition coefficient (Wildman–Crippen LogP) is 0.478. The van der Waals surface area contributed by atoms with Gasteiger partial charge in [-0.3, -0.25) is 9.59 Å². The summed E-state index contributed by atoms with van der Waals surface area (Å²) in [7, 11) is 0. The van der Waals surface area contributed by atoms with Crippen molar-refractivity contribution >= 4 is 17.5 Å². The van der Waals surface area contributed by atoms with E-state index in [0.717, 1.165) is 0 Å². The molecule has 6 nitrogen and oxygen atoms in total. The van der Waals surface area contributed by atoms with Gasteiger partial charge in [0.05, 0.1) is 0 Å². The molecule has 6 heteroatoms. The van der Waals surface area contributed by atoms with E-state index >= 15 is 0 Å². The lowest BCUT2D eigenvalue weighted by Crippen LogP contribution is -2.34. The van der Waals surface area contributed by atoms with E-state index in [4.69, 9.17) is 9.84 Å². The topological polar surface area (TPSA) is 87.7 Å². The molecular weight excluding hydrogens is 236 g/mol. The van der Waals surface area contributed by atoms with E-state index in [0.29, 0.717) is 11.4 Å². The minimum atomic E-state index is -0.558. The van der Waals surface area contributed by atoms with Gasteiger partial charge in [-0.05, 0) is 31.2 Å². The van der Waals surface area contributed by atoms with Gasteiger partial charge in [-0.2, -0.15) is 0 Å². The standard InChI is InChI=1S/C12H16N2O4/c1-8(16)13-9(2)18-11-5-3-10(4-6-11)14-12(17)7-15/h3-6,9,15H,7H2,1-2H3,(H,13,16)(H,14,17). The van der Waals surface area contributed by atoms with Crippen LogP contribution in [0.2, 0.25) is 0 Å². The zero-order chi connectivity index (χ0) is 13.5. The van der Waals surface area contributed by atoms with Crippen LogP contribution < -0.4 is 15.4 Å². The minimum Gasteiger partial charge on any atom is -0.471 e. The summed E-state index contributed by atoms with van der Waals surface area (Å²) < 4.78 is 5.42. The van der Waals surface area contributed by atoms with Gasteiger partial charge in [0.15, 0.2) is 6.23 Å². The zero-order valence-corrected chi connectivity index (χ0v) is 10.3. The van der Waals surface area contributed by atoms with E-state index in [-0.39, 0.29) is 5.91 Å². The molecule has 0 aromatic heterocycles. The van der Waals surface area contributed by atoms with Crippen LogP contribution in [0.1, 0.15) is 13.8 Å². The highest BCUT2D eigenvalue weighted by atomic mass is 16.5. The molecule has 2 amide bonds. The molecule has 0 aliphatic carbocycles. The molecule has 0 aliphatic rings. The molecule has 3 N–H and O–H groups in total. The second kappa shape index (κ2) is 6.61. The number of aliphatic hydroxyl groups is 1. The summed E-state index contributed by atoms with van der Waals surface area (Å²) in [6.07, 6.45) is -0.430. The number of rotatable bonds is 5. The van der Waals surface area contributed by atoms with Crippen molar-refractivity contribution in [3.05, 3.63) is 24.3 Å². The van der Waals surface area contributed by atoms with E-state index in [1.807, 2.05) is 0 Å². The molecule has 0 saturated carbocycles. The highest BCUT2D eigenvalue weighted by Crippen LogP contribution is 2.16. The molecule has 0 heterocycles. The maximum Gasteiger partial charge on any atom is 0.250 e. The van der Waals surface area contributed by atoms with E-state index in [2.05, 4.69) is 10.6 Å². The molecule has 0 saturated heterocycles. The highest BCUT2D eigenvalue weighted by molar-refractivity contribution is 5.91. The number of anilines is 1. The van der Waals surface area contributed by atoms with Gasteiger partial charge in [0.1, 0.15) is 12.4 Å². The minimum absolute atomic E-state index is 0.172. The lowest BCUT2D eigenvalue weighted by atomic mass is 10.3. The van der Waals surface area contributed by atoms with Gasteiger partial charge in [0.25, 0.3) is 0 Å². The Balaban J connectivity index is 2.54.